The van der Waals surface area contributed by atoms with Crippen molar-refractivity contribution in [1.29, 1.82) is 5.26 Å². The van der Waals surface area contributed by atoms with Crippen molar-refractivity contribution in [3.05, 3.63) is 36.0 Å². The number of nitriles is 1. The quantitative estimate of drug-likeness (QED) is 0.441. The molecule has 0 saturated heterocycles. The van der Waals surface area contributed by atoms with E-state index >= 15 is 0 Å². The molecular formula is C19H23N3O2. The van der Waals surface area contributed by atoms with Gasteiger partial charge in [0, 0.05) is 12.2 Å². The van der Waals surface area contributed by atoms with Crippen molar-refractivity contribution in [1.82, 2.24) is 5.32 Å². The first-order valence-corrected chi connectivity index (χ1v) is 8.54. The number of carbonyl (C=O) groups excluding carboxylic acids is 1. The predicted octanol–water partition coefficient (Wildman–Crippen LogP) is 3.15. The van der Waals surface area contributed by atoms with E-state index in [0.29, 0.717) is 11.6 Å². The third kappa shape index (κ3) is 3.38. The van der Waals surface area contributed by atoms with E-state index in [1.165, 1.54) is 37.9 Å². The molecule has 1 aromatic rings. The van der Waals surface area contributed by atoms with Gasteiger partial charge in [-0.25, -0.2) is 0 Å². The molecule has 2 saturated carbocycles. The van der Waals surface area contributed by atoms with Crippen molar-refractivity contribution in [2.45, 2.75) is 38.6 Å². The number of rotatable bonds is 5. The number of hydrogen-bond acceptors (Lipinski definition) is 4. The van der Waals surface area contributed by atoms with E-state index in [4.69, 9.17) is 0 Å². The van der Waals surface area contributed by atoms with Crippen LogP contribution < -0.4 is 10.6 Å². The van der Waals surface area contributed by atoms with E-state index in [0.717, 1.165) is 11.8 Å². The standard InChI is InChI=1S/C19H23N3O2/c1-12(16-9-13-6-7-14(16)8-13)21-11-15(10-20)19(24)22-17-4-2-3-5-18(17)23/h2-5,11-14,16,21,23H,6-9H2,1H3,(H,22,24)/b15-11-. The molecule has 0 heterocycles. The van der Waals surface area contributed by atoms with Crippen molar-refractivity contribution in [3.8, 4) is 11.8 Å². The smallest absolute Gasteiger partial charge is 0.267 e. The molecule has 3 rings (SSSR count). The molecular weight excluding hydrogens is 302 g/mol. The number of aromatic hydroxyl groups is 1. The Morgan fingerprint density at radius 1 is 1.38 bits per heavy atom. The lowest BCUT2D eigenvalue weighted by molar-refractivity contribution is -0.112. The Morgan fingerprint density at radius 3 is 2.79 bits per heavy atom. The maximum absolute atomic E-state index is 12.2. The van der Waals surface area contributed by atoms with Crippen LogP contribution in [-0.2, 0) is 4.79 Å². The van der Waals surface area contributed by atoms with E-state index in [1.807, 2.05) is 6.07 Å². The molecule has 2 fully saturated rings. The lowest BCUT2D eigenvalue weighted by Crippen LogP contribution is -2.33. The highest BCUT2D eigenvalue weighted by molar-refractivity contribution is 6.07. The highest BCUT2D eigenvalue weighted by Crippen LogP contribution is 2.49. The summed E-state index contributed by atoms with van der Waals surface area (Å²) >= 11 is 0. The maximum atomic E-state index is 12.2. The van der Waals surface area contributed by atoms with Crippen molar-refractivity contribution in [2.24, 2.45) is 17.8 Å². The predicted molar refractivity (Wildman–Crippen MR) is 92.0 cm³/mol. The van der Waals surface area contributed by atoms with Gasteiger partial charge < -0.3 is 15.7 Å². The first-order chi connectivity index (χ1) is 11.6. The molecule has 126 valence electrons. The molecule has 5 heteroatoms. The number of phenolic OH excluding ortho intramolecular Hbond substituents is 1. The molecule has 1 aromatic carbocycles. The van der Waals surface area contributed by atoms with Gasteiger partial charge in [-0.2, -0.15) is 5.26 Å². The number of para-hydroxylation sites is 2. The Hall–Kier alpha value is -2.48. The van der Waals surface area contributed by atoms with Gasteiger partial charge >= 0.3 is 0 Å². The summed E-state index contributed by atoms with van der Waals surface area (Å²) < 4.78 is 0. The Labute approximate surface area is 142 Å². The van der Waals surface area contributed by atoms with E-state index in [-0.39, 0.29) is 17.4 Å². The van der Waals surface area contributed by atoms with Crippen LogP contribution in [0.2, 0.25) is 0 Å². The van der Waals surface area contributed by atoms with Crippen LogP contribution in [0.25, 0.3) is 0 Å². The van der Waals surface area contributed by atoms with Crippen LogP contribution in [0.3, 0.4) is 0 Å². The SMILES string of the molecule is CC(N/C=C(/C#N)C(=O)Nc1ccccc1O)C1CC2CCC1C2. The van der Waals surface area contributed by atoms with Gasteiger partial charge in [0.2, 0.25) is 0 Å². The molecule has 0 aliphatic heterocycles. The summed E-state index contributed by atoms with van der Waals surface area (Å²) in [6.45, 7) is 2.12. The van der Waals surface area contributed by atoms with Gasteiger partial charge in [0.25, 0.3) is 5.91 Å². The first kappa shape index (κ1) is 16.4. The van der Waals surface area contributed by atoms with E-state index in [2.05, 4.69) is 17.6 Å². The Kier molecular flexibility index (Phi) is 4.75. The van der Waals surface area contributed by atoms with Crippen molar-refractivity contribution >= 4 is 11.6 Å². The highest BCUT2D eigenvalue weighted by atomic mass is 16.3. The summed E-state index contributed by atoms with van der Waals surface area (Å²) in [5, 5.41) is 24.7. The zero-order valence-corrected chi connectivity index (χ0v) is 13.8. The topological polar surface area (TPSA) is 85.2 Å². The summed E-state index contributed by atoms with van der Waals surface area (Å²) in [6.07, 6.45) is 6.75. The number of phenols is 1. The third-order valence-corrected chi connectivity index (χ3v) is 5.44. The van der Waals surface area contributed by atoms with Gasteiger partial charge in [-0.15, -0.1) is 0 Å². The minimum Gasteiger partial charge on any atom is -0.506 e. The number of carbonyl (C=O) groups is 1. The summed E-state index contributed by atoms with van der Waals surface area (Å²) in [6, 6.07) is 8.64. The molecule has 2 aliphatic rings. The summed E-state index contributed by atoms with van der Waals surface area (Å²) in [4.78, 5) is 12.2. The molecule has 0 spiro atoms. The van der Waals surface area contributed by atoms with E-state index in [1.54, 1.807) is 18.2 Å². The Balaban J connectivity index is 1.61. The van der Waals surface area contributed by atoms with Gasteiger partial charge in [-0.05, 0) is 56.1 Å². The normalized spacial score (nSPS) is 26.7. The average Bonchev–Trinajstić information content (AvgIpc) is 3.20. The van der Waals surface area contributed by atoms with Crippen molar-refractivity contribution in [2.75, 3.05) is 5.32 Å². The molecule has 0 aromatic heterocycles. The Bertz CT molecular complexity index is 692. The monoisotopic (exact) mass is 325 g/mol. The van der Waals surface area contributed by atoms with Crippen LogP contribution >= 0.6 is 0 Å². The van der Waals surface area contributed by atoms with Crippen LogP contribution in [0, 0.1) is 29.1 Å². The zero-order chi connectivity index (χ0) is 17.1. The molecule has 5 nitrogen and oxygen atoms in total. The molecule has 1 amide bonds. The molecule has 3 N–H and O–H groups in total. The molecule has 4 unspecified atom stereocenters. The van der Waals surface area contributed by atoms with Crippen LogP contribution in [0.4, 0.5) is 5.69 Å². The highest BCUT2D eigenvalue weighted by Gasteiger charge is 2.41. The second kappa shape index (κ2) is 6.96. The number of amides is 1. The van der Waals surface area contributed by atoms with E-state index in [9.17, 15) is 15.2 Å². The van der Waals surface area contributed by atoms with E-state index < -0.39 is 5.91 Å². The minimum absolute atomic E-state index is 0.00765. The van der Waals surface area contributed by atoms with Gasteiger partial charge in [-0.3, -0.25) is 4.79 Å². The minimum atomic E-state index is -0.522. The van der Waals surface area contributed by atoms with Crippen molar-refractivity contribution in [3.63, 3.8) is 0 Å². The largest absolute Gasteiger partial charge is 0.506 e. The lowest BCUT2D eigenvalue weighted by Gasteiger charge is -2.28. The number of nitrogens with one attached hydrogen (secondary N) is 2. The lowest BCUT2D eigenvalue weighted by atomic mass is 9.84. The molecule has 4 atom stereocenters. The van der Waals surface area contributed by atoms with Gasteiger partial charge in [0.15, 0.2) is 0 Å². The molecule has 0 radical (unpaired) electrons. The number of benzene rings is 1. The Morgan fingerprint density at radius 2 is 2.17 bits per heavy atom. The summed E-state index contributed by atoms with van der Waals surface area (Å²) in [7, 11) is 0. The number of fused-ring (bicyclic) bond motifs is 2. The van der Waals surface area contributed by atoms with Crippen LogP contribution in [0.1, 0.15) is 32.6 Å². The maximum Gasteiger partial charge on any atom is 0.267 e. The third-order valence-electron chi connectivity index (χ3n) is 5.44. The van der Waals surface area contributed by atoms with Crippen LogP contribution in [-0.4, -0.2) is 17.1 Å². The zero-order valence-electron chi connectivity index (χ0n) is 13.8. The van der Waals surface area contributed by atoms with Gasteiger partial charge in [-0.1, -0.05) is 18.6 Å². The summed E-state index contributed by atoms with van der Waals surface area (Å²) in [5.74, 6) is 1.74. The van der Waals surface area contributed by atoms with Crippen LogP contribution in [0.5, 0.6) is 5.75 Å². The fourth-order valence-corrected chi connectivity index (χ4v) is 4.16. The molecule has 2 aliphatic carbocycles. The summed E-state index contributed by atoms with van der Waals surface area (Å²) in [5.41, 5.74) is 0.304. The van der Waals surface area contributed by atoms with Gasteiger partial charge in [0.1, 0.15) is 17.4 Å². The first-order valence-electron chi connectivity index (χ1n) is 8.54. The van der Waals surface area contributed by atoms with Gasteiger partial charge in [0.05, 0.1) is 5.69 Å². The molecule has 2 bridgehead atoms. The van der Waals surface area contributed by atoms with Crippen LogP contribution in [0.15, 0.2) is 36.0 Å². The number of nitrogens with zero attached hydrogens (tertiary/aromatic N) is 1. The number of anilines is 1. The average molecular weight is 325 g/mol. The second-order valence-corrected chi connectivity index (χ2v) is 6.94. The molecule has 24 heavy (non-hydrogen) atoms. The fourth-order valence-electron chi connectivity index (χ4n) is 4.16. The van der Waals surface area contributed by atoms with Crippen molar-refractivity contribution < 1.29 is 9.90 Å². The number of hydrogen-bond donors (Lipinski definition) is 3. The second-order valence-electron chi connectivity index (χ2n) is 6.94. The fraction of sp³-hybridized carbons (Fsp3) is 0.474.